The van der Waals surface area contributed by atoms with Crippen molar-refractivity contribution < 1.29 is 63.0 Å². The number of carbonyl (C=O) groups is 12. The Hall–Kier alpha value is -5.28. The molecule has 57 heavy (non-hydrogen) atoms. The van der Waals surface area contributed by atoms with E-state index in [1.54, 1.807) is 0 Å². The molecule has 0 radical (unpaired) electrons. The van der Waals surface area contributed by atoms with Crippen molar-refractivity contribution >= 4 is 70.9 Å². The van der Waals surface area contributed by atoms with Gasteiger partial charge in [-0.05, 0) is 0 Å². The average molecular weight is 803 g/mol. The van der Waals surface area contributed by atoms with Gasteiger partial charge in [0.2, 0.25) is 70.9 Å². The summed E-state index contributed by atoms with van der Waals surface area (Å²) < 4.78 is 0. The predicted molar refractivity (Wildman–Crippen MR) is 192 cm³/mol. The minimum Gasteiger partial charge on any atom is -0.412 e. The monoisotopic (exact) mass is 802 g/mol. The zero-order chi connectivity index (χ0) is 40.5. The Morgan fingerprint density at radius 3 is 0.456 bits per heavy atom. The molecular weight excluding hydrogens is 752 g/mol. The van der Waals surface area contributed by atoms with E-state index in [4.69, 9.17) is 0 Å². The zero-order valence-electron chi connectivity index (χ0n) is 31.9. The number of amides is 12. The molecule has 0 unspecified atom stereocenters. The molecular formula is C36H50N8O13. The van der Waals surface area contributed by atoms with E-state index >= 15 is 0 Å². The van der Waals surface area contributed by atoms with Gasteiger partial charge in [0, 0.05) is 156 Å². The third kappa shape index (κ3) is 11.4. The summed E-state index contributed by atoms with van der Waals surface area (Å²) in [5.41, 5.74) is 0. The lowest BCUT2D eigenvalue weighted by Crippen LogP contribution is -2.45. The molecule has 0 saturated carbocycles. The van der Waals surface area contributed by atoms with Crippen molar-refractivity contribution in [3.05, 3.63) is 0 Å². The molecule has 6 heterocycles. The summed E-state index contributed by atoms with van der Waals surface area (Å²) in [5.74, 6) is -2.50. The minimum absolute atomic E-state index is 0. The molecule has 0 aromatic carbocycles. The Bertz CT molecular complexity index is 1280. The van der Waals surface area contributed by atoms with Crippen LogP contribution in [0.3, 0.4) is 0 Å². The van der Waals surface area contributed by atoms with E-state index in [1.165, 1.54) is 29.4 Å². The summed E-state index contributed by atoms with van der Waals surface area (Å²) in [6.07, 6.45) is 2.58. The maximum Gasteiger partial charge on any atom is 0.229 e. The van der Waals surface area contributed by atoms with Crippen LogP contribution < -0.4 is 0 Å². The smallest absolute Gasteiger partial charge is 0.229 e. The molecule has 6 saturated heterocycles. The average Bonchev–Trinajstić information content (AvgIpc) is 4.00. The SMILES string of the molecule is O.O=C1CCC(=O)N1CCN(CCN1C(=O)CCC1=O)CCN1C(=O)CCC1=O.O=C1CCC(=O)N1CCN(CCN1C(=O)CCC1=O)CCN1C(=O)CCC1=O. The molecule has 6 fully saturated rings. The molecule has 21 nitrogen and oxygen atoms in total. The molecule has 6 aliphatic heterocycles. The van der Waals surface area contributed by atoms with Crippen molar-refractivity contribution in [3.8, 4) is 0 Å². The van der Waals surface area contributed by atoms with Gasteiger partial charge in [0.15, 0.2) is 0 Å². The molecule has 12 amide bonds. The highest BCUT2D eigenvalue weighted by Crippen LogP contribution is 2.17. The van der Waals surface area contributed by atoms with Crippen LogP contribution in [0, 0.1) is 0 Å². The second-order valence-corrected chi connectivity index (χ2v) is 14.3. The molecule has 0 aromatic heterocycles. The Morgan fingerprint density at radius 2 is 0.351 bits per heavy atom. The van der Waals surface area contributed by atoms with Crippen LogP contribution in [-0.2, 0) is 57.5 Å². The summed E-state index contributed by atoms with van der Waals surface area (Å²) in [6.45, 7) is 3.37. The summed E-state index contributed by atoms with van der Waals surface area (Å²) in [5, 5.41) is 0. The molecule has 0 aliphatic carbocycles. The van der Waals surface area contributed by atoms with Crippen molar-refractivity contribution in [2.75, 3.05) is 78.5 Å². The van der Waals surface area contributed by atoms with Gasteiger partial charge in [-0.25, -0.2) is 0 Å². The molecule has 0 spiro atoms. The van der Waals surface area contributed by atoms with Crippen LogP contribution in [0.25, 0.3) is 0 Å². The largest absolute Gasteiger partial charge is 0.412 e. The van der Waals surface area contributed by atoms with Gasteiger partial charge in [-0.15, -0.1) is 0 Å². The summed E-state index contributed by atoms with van der Waals surface area (Å²) in [6, 6.07) is 0. The van der Waals surface area contributed by atoms with Gasteiger partial charge in [-0.1, -0.05) is 0 Å². The van der Waals surface area contributed by atoms with Crippen LogP contribution in [0.15, 0.2) is 0 Å². The van der Waals surface area contributed by atoms with Crippen LogP contribution in [0.2, 0.25) is 0 Å². The highest BCUT2D eigenvalue weighted by atomic mass is 16.2. The van der Waals surface area contributed by atoms with Gasteiger partial charge in [-0.3, -0.25) is 96.7 Å². The lowest BCUT2D eigenvalue weighted by Gasteiger charge is -2.28. The van der Waals surface area contributed by atoms with Gasteiger partial charge >= 0.3 is 0 Å². The van der Waals surface area contributed by atoms with E-state index in [0.29, 0.717) is 39.3 Å². The highest BCUT2D eigenvalue weighted by molar-refractivity contribution is 6.04. The standard InChI is InChI=1S/2C18H24N4O6.H2O/c2*23-13-1-2-14(24)20(13)10-7-19(8-11-21-15(25)3-4-16(21)26)9-12-22-17(27)5-6-18(22)28;/h2*1-12H2;1H2. The first-order chi connectivity index (χ1) is 26.7. The molecule has 312 valence electrons. The van der Waals surface area contributed by atoms with E-state index in [-0.39, 0.29) is 193 Å². The molecule has 21 heteroatoms. The van der Waals surface area contributed by atoms with Crippen molar-refractivity contribution in [2.24, 2.45) is 0 Å². The van der Waals surface area contributed by atoms with Crippen LogP contribution in [0.5, 0.6) is 0 Å². The van der Waals surface area contributed by atoms with E-state index in [0.717, 1.165) is 0 Å². The van der Waals surface area contributed by atoms with E-state index in [1.807, 2.05) is 9.80 Å². The second-order valence-electron chi connectivity index (χ2n) is 14.3. The van der Waals surface area contributed by atoms with Crippen molar-refractivity contribution in [1.29, 1.82) is 0 Å². The second kappa shape index (κ2) is 20.2. The van der Waals surface area contributed by atoms with Crippen LogP contribution in [0.4, 0.5) is 0 Å². The van der Waals surface area contributed by atoms with Crippen molar-refractivity contribution in [3.63, 3.8) is 0 Å². The van der Waals surface area contributed by atoms with E-state index in [2.05, 4.69) is 0 Å². The summed E-state index contributed by atoms with van der Waals surface area (Å²) >= 11 is 0. The number of carbonyl (C=O) groups excluding carboxylic acids is 12. The topological polar surface area (TPSA) is 262 Å². The maximum absolute atomic E-state index is 11.8. The van der Waals surface area contributed by atoms with Crippen molar-refractivity contribution in [1.82, 2.24) is 39.2 Å². The van der Waals surface area contributed by atoms with Gasteiger partial charge in [0.05, 0.1) is 0 Å². The molecule has 0 bridgehead atoms. The fraction of sp³-hybridized carbons (Fsp3) is 0.667. The van der Waals surface area contributed by atoms with Crippen LogP contribution in [0.1, 0.15) is 77.0 Å². The molecule has 0 atom stereocenters. The molecule has 0 aromatic rings. The normalized spacial score (nSPS) is 20.3. The van der Waals surface area contributed by atoms with Crippen LogP contribution in [-0.4, -0.2) is 194 Å². The van der Waals surface area contributed by atoms with Crippen LogP contribution >= 0.6 is 0 Å². The molecule has 6 aliphatic rings. The summed E-state index contributed by atoms with van der Waals surface area (Å²) in [4.78, 5) is 153. The molecule has 2 N–H and O–H groups in total. The quantitative estimate of drug-likeness (QED) is 0.123. The minimum atomic E-state index is -0.209. The Kier molecular flexibility index (Phi) is 15.8. The maximum atomic E-state index is 11.8. The van der Waals surface area contributed by atoms with Crippen molar-refractivity contribution in [2.45, 2.75) is 77.0 Å². The number of imide groups is 6. The van der Waals surface area contributed by atoms with Gasteiger partial charge in [0.25, 0.3) is 0 Å². The first-order valence-corrected chi connectivity index (χ1v) is 19.2. The van der Waals surface area contributed by atoms with E-state index < -0.39 is 0 Å². The van der Waals surface area contributed by atoms with Gasteiger partial charge in [0.1, 0.15) is 0 Å². The third-order valence-electron chi connectivity index (χ3n) is 10.8. The Labute approximate surface area is 328 Å². The summed E-state index contributed by atoms with van der Waals surface area (Å²) in [7, 11) is 0. The molecule has 6 rings (SSSR count). The lowest BCUT2D eigenvalue weighted by atomic mass is 10.3. The Morgan fingerprint density at radius 1 is 0.246 bits per heavy atom. The Balaban J connectivity index is 0.000000248. The zero-order valence-corrected chi connectivity index (χ0v) is 31.9. The first kappa shape index (κ1) is 44.4. The first-order valence-electron chi connectivity index (χ1n) is 19.2. The number of hydrogen-bond donors (Lipinski definition) is 0. The third-order valence-corrected chi connectivity index (χ3v) is 10.8. The lowest BCUT2D eigenvalue weighted by molar-refractivity contribution is -0.141. The number of likely N-dealkylation sites (tertiary alicyclic amines) is 6. The number of hydrogen-bond acceptors (Lipinski definition) is 14. The van der Waals surface area contributed by atoms with E-state index in [9.17, 15) is 57.5 Å². The number of nitrogens with zero attached hydrogens (tertiary/aromatic N) is 8. The highest BCUT2D eigenvalue weighted by Gasteiger charge is 2.34. The predicted octanol–water partition coefficient (Wildman–Crippen LogP) is -3.35. The fourth-order valence-corrected chi connectivity index (χ4v) is 7.35. The van der Waals surface area contributed by atoms with Gasteiger partial charge < -0.3 is 5.48 Å². The number of rotatable bonds is 18. The van der Waals surface area contributed by atoms with Gasteiger partial charge in [-0.2, -0.15) is 0 Å². The fourth-order valence-electron chi connectivity index (χ4n) is 7.35.